The zero-order chi connectivity index (χ0) is 15.5. The summed E-state index contributed by atoms with van der Waals surface area (Å²) in [5, 5.41) is 12.1. The van der Waals surface area contributed by atoms with Gasteiger partial charge in [0.25, 0.3) is 0 Å². The van der Waals surface area contributed by atoms with Crippen LogP contribution >= 0.6 is 0 Å². The van der Waals surface area contributed by atoms with E-state index in [0.29, 0.717) is 25.8 Å². The van der Waals surface area contributed by atoms with Crippen LogP contribution in [0.3, 0.4) is 0 Å². The van der Waals surface area contributed by atoms with Crippen molar-refractivity contribution in [3.8, 4) is 0 Å². The molecule has 1 aliphatic heterocycles. The summed E-state index contributed by atoms with van der Waals surface area (Å²) in [6.07, 6.45) is 1.52. The minimum atomic E-state index is -1.12. The van der Waals surface area contributed by atoms with Crippen molar-refractivity contribution in [1.82, 2.24) is 10.2 Å². The summed E-state index contributed by atoms with van der Waals surface area (Å²) in [5.41, 5.74) is -1.12. The fourth-order valence-electron chi connectivity index (χ4n) is 2.84. The Morgan fingerprint density at radius 2 is 1.95 bits per heavy atom. The summed E-state index contributed by atoms with van der Waals surface area (Å²) in [7, 11) is 0. The van der Waals surface area contributed by atoms with Crippen molar-refractivity contribution in [2.75, 3.05) is 6.54 Å². The van der Waals surface area contributed by atoms with Gasteiger partial charge in [-0.25, -0.2) is 4.79 Å². The van der Waals surface area contributed by atoms with Crippen LogP contribution in [0.2, 0.25) is 0 Å². The first-order chi connectivity index (χ1) is 9.26. The molecule has 0 aromatic carbocycles. The minimum Gasteiger partial charge on any atom is -0.479 e. The zero-order valence-electron chi connectivity index (χ0n) is 12.6. The van der Waals surface area contributed by atoms with Crippen LogP contribution in [0, 0.1) is 5.92 Å². The predicted molar refractivity (Wildman–Crippen MR) is 74.0 cm³/mol. The van der Waals surface area contributed by atoms with Crippen molar-refractivity contribution < 1.29 is 19.5 Å². The number of carboxylic acids is 1. The third kappa shape index (κ3) is 2.94. The van der Waals surface area contributed by atoms with E-state index in [1.807, 2.05) is 13.8 Å². The predicted octanol–water partition coefficient (Wildman–Crippen LogP) is 1.00. The quantitative estimate of drug-likeness (QED) is 0.788. The standard InChI is InChI=1S/C14H24N2O4/c1-5-14(13(19)20)7-6-8-16(14)12(18)11(9(2)3)15-10(4)17/h9,11H,5-8H2,1-4H3,(H,15,17)(H,19,20). The molecular weight excluding hydrogens is 260 g/mol. The maximum absolute atomic E-state index is 12.6. The number of carbonyl (C=O) groups is 3. The summed E-state index contributed by atoms with van der Waals surface area (Å²) in [6, 6.07) is -0.670. The van der Waals surface area contributed by atoms with Crippen molar-refractivity contribution in [3.05, 3.63) is 0 Å². The lowest BCUT2D eigenvalue weighted by molar-refractivity contribution is -0.158. The SMILES string of the molecule is CCC1(C(=O)O)CCCN1C(=O)C(NC(C)=O)C(C)C. The molecule has 0 spiro atoms. The van der Waals surface area contributed by atoms with Gasteiger partial charge in [-0.3, -0.25) is 9.59 Å². The molecule has 1 rings (SSSR count). The Kier molecular flexibility index (Phi) is 5.14. The molecule has 1 saturated heterocycles. The summed E-state index contributed by atoms with van der Waals surface area (Å²) in [4.78, 5) is 36.9. The van der Waals surface area contributed by atoms with E-state index in [9.17, 15) is 19.5 Å². The lowest BCUT2D eigenvalue weighted by Crippen LogP contribution is -2.59. The number of nitrogens with one attached hydrogen (secondary N) is 1. The Labute approximate surface area is 119 Å². The van der Waals surface area contributed by atoms with Gasteiger partial charge in [-0.2, -0.15) is 0 Å². The molecule has 6 heteroatoms. The fraction of sp³-hybridized carbons (Fsp3) is 0.786. The van der Waals surface area contributed by atoms with Crippen LogP contribution in [0.5, 0.6) is 0 Å². The van der Waals surface area contributed by atoms with Gasteiger partial charge >= 0.3 is 5.97 Å². The molecule has 20 heavy (non-hydrogen) atoms. The minimum absolute atomic E-state index is 0.0876. The highest BCUT2D eigenvalue weighted by Crippen LogP contribution is 2.33. The number of hydrogen-bond acceptors (Lipinski definition) is 3. The first kappa shape index (κ1) is 16.5. The molecule has 2 N–H and O–H groups in total. The number of likely N-dealkylation sites (tertiary alicyclic amines) is 1. The van der Waals surface area contributed by atoms with Gasteiger partial charge in [0.2, 0.25) is 11.8 Å². The van der Waals surface area contributed by atoms with Crippen LogP contribution in [-0.2, 0) is 14.4 Å². The van der Waals surface area contributed by atoms with Crippen LogP contribution in [0.25, 0.3) is 0 Å². The first-order valence-electron chi connectivity index (χ1n) is 7.08. The zero-order valence-corrected chi connectivity index (χ0v) is 12.6. The average molecular weight is 284 g/mol. The lowest BCUT2D eigenvalue weighted by Gasteiger charge is -2.37. The van der Waals surface area contributed by atoms with Gasteiger partial charge in [-0.15, -0.1) is 0 Å². The Balaban J connectivity index is 3.04. The van der Waals surface area contributed by atoms with E-state index in [1.165, 1.54) is 11.8 Å². The topological polar surface area (TPSA) is 86.7 Å². The average Bonchev–Trinajstić information content (AvgIpc) is 2.79. The third-order valence-corrected chi connectivity index (χ3v) is 4.03. The molecule has 1 aliphatic rings. The number of nitrogens with zero attached hydrogens (tertiary/aromatic N) is 1. The van der Waals surface area contributed by atoms with E-state index in [4.69, 9.17) is 0 Å². The number of hydrogen-bond donors (Lipinski definition) is 2. The van der Waals surface area contributed by atoms with Crippen molar-refractivity contribution in [2.45, 2.75) is 58.5 Å². The number of aliphatic carboxylic acids is 1. The molecule has 0 radical (unpaired) electrons. The van der Waals surface area contributed by atoms with Gasteiger partial charge in [0.15, 0.2) is 0 Å². The van der Waals surface area contributed by atoms with E-state index >= 15 is 0 Å². The van der Waals surface area contributed by atoms with Gasteiger partial charge in [-0.1, -0.05) is 20.8 Å². The summed E-state index contributed by atoms with van der Waals surface area (Å²) < 4.78 is 0. The first-order valence-corrected chi connectivity index (χ1v) is 7.08. The molecule has 2 amide bonds. The number of carbonyl (C=O) groups excluding carboxylic acids is 2. The van der Waals surface area contributed by atoms with E-state index in [1.54, 1.807) is 6.92 Å². The molecule has 0 aromatic heterocycles. The maximum atomic E-state index is 12.6. The van der Waals surface area contributed by atoms with Crippen LogP contribution in [0.15, 0.2) is 0 Å². The maximum Gasteiger partial charge on any atom is 0.329 e. The van der Waals surface area contributed by atoms with Gasteiger partial charge in [0, 0.05) is 13.5 Å². The van der Waals surface area contributed by atoms with Gasteiger partial charge < -0.3 is 15.3 Å². The highest BCUT2D eigenvalue weighted by Gasteiger charge is 2.50. The summed E-state index contributed by atoms with van der Waals surface area (Å²) in [6.45, 7) is 7.24. The van der Waals surface area contributed by atoms with E-state index in [-0.39, 0.29) is 17.7 Å². The van der Waals surface area contributed by atoms with Gasteiger partial charge in [-0.05, 0) is 25.2 Å². The number of carboxylic acid groups (broad SMARTS) is 1. The molecule has 1 heterocycles. The van der Waals surface area contributed by atoms with Gasteiger partial charge in [0.1, 0.15) is 11.6 Å². The number of rotatable bonds is 5. The monoisotopic (exact) mass is 284 g/mol. The third-order valence-electron chi connectivity index (χ3n) is 4.03. The van der Waals surface area contributed by atoms with Crippen molar-refractivity contribution in [2.24, 2.45) is 5.92 Å². The Bertz CT molecular complexity index is 408. The molecule has 6 nitrogen and oxygen atoms in total. The Morgan fingerprint density at radius 1 is 1.35 bits per heavy atom. The highest BCUT2D eigenvalue weighted by molar-refractivity contribution is 5.92. The van der Waals surface area contributed by atoms with Crippen molar-refractivity contribution in [3.63, 3.8) is 0 Å². The molecule has 0 saturated carbocycles. The van der Waals surface area contributed by atoms with Crippen LogP contribution in [-0.4, -0.2) is 45.9 Å². The molecule has 114 valence electrons. The second-order valence-electron chi connectivity index (χ2n) is 5.71. The van der Waals surface area contributed by atoms with Gasteiger partial charge in [0.05, 0.1) is 0 Å². The Morgan fingerprint density at radius 3 is 2.35 bits per heavy atom. The largest absolute Gasteiger partial charge is 0.479 e. The molecule has 1 fully saturated rings. The normalized spacial score (nSPS) is 23.8. The van der Waals surface area contributed by atoms with Crippen molar-refractivity contribution >= 4 is 17.8 Å². The van der Waals surface area contributed by atoms with E-state index < -0.39 is 17.6 Å². The molecule has 2 unspecified atom stereocenters. The van der Waals surface area contributed by atoms with Crippen LogP contribution in [0.1, 0.15) is 47.0 Å². The molecule has 0 bridgehead atoms. The molecule has 0 aliphatic carbocycles. The molecular formula is C14H24N2O4. The van der Waals surface area contributed by atoms with E-state index in [2.05, 4.69) is 5.32 Å². The molecule has 0 aromatic rings. The van der Waals surface area contributed by atoms with Crippen LogP contribution in [0.4, 0.5) is 0 Å². The fourth-order valence-corrected chi connectivity index (χ4v) is 2.84. The summed E-state index contributed by atoms with van der Waals surface area (Å²) >= 11 is 0. The van der Waals surface area contributed by atoms with E-state index in [0.717, 1.165) is 0 Å². The highest BCUT2D eigenvalue weighted by atomic mass is 16.4. The Hall–Kier alpha value is -1.59. The summed E-state index contributed by atoms with van der Waals surface area (Å²) in [5.74, 6) is -1.63. The van der Waals surface area contributed by atoms with Crippen molar-refractivity contribution in [1.29, 1.82) is 0 Å². The molecule has 2 atom stereocenters. The second-order valence-corrected chi connectivity index (χ2v) is 5.71. The lowest BCUT2D eigenvalue weighted by atomic mass is 9.91. The number of amides is 2. The van der Waals surface area contributed by atoms with Crippen LogP contribution < -0.4 is 5.32 Å². The smallest absolute Gasteiger partial charge is 0.329 e. The second kappa shape index (κ2) is 6.24.